The number of hydrogen-bond acceptors (Lipinski definition) is 2. The maximum absolute atomic E-state index is 5.88. The van der Waals surface area contributed by atoms with Crippen molar-refractivity contribution in [2.45, 2.75) is 39.1 Å². The van der Waals surface area contributed by atoms with Crippen LogP contribution in [0.2, 0.25) is 0 Å². The molecule has 86 valence electrons. The molecule has 0 saturated heterocycles. The van der Waals surface area contributed by atoms with Crippen molar-refractivity contribution >= 4 is 11.6 Å². The molecule has 0 fully saturated rings. The molecule has 1 aromatic heterocycles. The van der Waals surface area contributed by atoms with Gasteiger partial charge in [0.15, 0.2) is 0 Å². The zero-order chi connectivity index (χ0) is 11.4. The first-order valence-corrected chi connectivity index (χ1v) is 5.74. The van der Waals surface area contributed by atoms with Crippen LogP contribution in [0, 0.1) is 13.8 Å². The van der Waals surface area contributed by atoms with Gasteiger partial charge in [-0.15, -0.1) is 11.6 Å². The van der Waals surface area contributed by atoms with E-state index in [2.05, 4.69) is 18.9 Å². The molecule has 15 heavy (non-hydrogen) atoms. The molecule has 0 aliphatic rings. The van der Waals surface area contributed by atoms with Gasteiger partial charge in [0.05, 0.1) is 17.6 Å². The van der Waals surface area contributed by atoms with E-state index in [4.69, 9.17) is 16.3 Å². The van der Waals surface area contributed by atoms with Gasteiger partial charge in [-0.2, -0.15) is 5.10 Å². The standard InChI is InChI=1S/C11H19ClN2O/c1-8(5-6-15-4)14-10(3)11(7-12)9(2)13-14/h8H,5-7H2,1-4H3. The monoisotopic (exact) mass is 230 g/mol. The highest BCUT2D eigenvalue weighted by atomic mass is 35.5. The molecular formula is C11H19ClN2O. The molecule has 0 radical (unpaired) electrons. The van der Waals surface area contributed by atoms with Crippen molar-refractivity contribution in [1.29, 1.82) is 0 Å². The third-order valence-corrected chi connectivity index (χ3v) is 3.03. The summed E-state index contributed by atoms with van der Waals surface area (Å²) in [6.45, 7) is 6.98. The number of alkyl halides is 1. The molecule has 4 heteroatoms. The van der Waals surface area contributed by atoms with E-state index in [0.717, 1.165) is 24.3 Å². The third kappa shape index (κ3) is 2.73. The summed E-state index contributed by atoms with van der Waals surface area (Å²) < 4.78 is 7.12. The van der Waals surface area contributed by atoms with E-state index >= 15 is 0 Å². The second kappa shape index (κ2) is 5.52. The minimum atomic E-state index is 0.362. The Bertz CT molecular complexity index is 323. The Morgan fingerprint density at radius 1 is 1.47 bits per heavy atom. The third-order valence-electron chi connectivity index (χ3n) is 2.77. The first-order valence-electron chi connectivity index (χ1n) is 5.21. The molecular weight excluding hydrogens is 212 g/mol. The van der Waals surface area contributed by atoms with Gasteiger partial charge in [0.25, 0.3) is 0 Å². The highest BCUT2D eigenvalue weighted by Crippen LogP contribution is 2.20. The van der Waals surface area contributed by atoms with Gasteiger partial charge in [0.1, 0.15) is 0 Å². The van der Waals surface area contributed by atoms with Crippen LogP contribution in [-0.4, -0.2) is 23.5 Å². The molecule has 0 bridgehead atoms. The number of aromatic nitrogens is 2. The maximum atomic E-state index is 5.88. The van der Waals surface area contributed by atoms with E-state index in [1.807, 2.05) is 11.6 Å². The lowest BCUT2D eigenvalue weighted by atomic mass is 10.2. The number of ether oxygens (including phenoxy) is 1. The summed E-state index contributed by atoms with van der Waals surface area (Å²) in [5.74, 6) is 0.536. The van der Waals surface area contributed by atoms with Crippen LogP contribution in [0.4, 0.5) is 0 Å². The van der Waals surface area contributed by atoms with E-state index in [9.17, 15) is 0 Å². The normalized spacial score (nSPS) is 13.1. The lowest BCUT2D eigenvalue weighted by Gasteiger charge is -2.13. The maximum Gasteiger partial charge on any atom is 0.0640 e. The Balaban J connectivity index is 2.85. The van der Waals surface area contributed by atoms with E-state index in [-0.39, 0.29) is 0 Å². The highest BCUT2D eigenvalue weighted by Gasteiger charge is 2.14. The molecule has 0 N–H and O–H groups in total. The summed E-state index contributed by atoms with van der Waals surface area (Å²) in [5.41, 5.74) is 3.36. The Hall–Kier alpha value is -0.540. The predicted octanol–water partition coefficient (Wildman–Crippen LogP) is 2.84. The van der Waals surface area contributed by atoms with Crippen molar-refractivity contribution in [3.63, 3.8) is 0 Å². The lowest BCUT2D eigenvalue weighted by Crippen LogP contribution is -2.11. The largest absolute Gasteiger partial charge is 0.385 e. The zero-order valence-electron chi connectivity index (χ0n) is 9.88. The Morgan fingerprint density at radius 3 is 2.60 bits per heavy atom. The second-order valence-electron chi connectivity index (χ2n) is 3.86. The summed E-state index contributed by atoms with van der Waals surface area (Å²) in [4.78, 5) is 0. The van der Waals surface area contributed by atoms with Gasteiger partial charge in [-0.25, -0.2) is 0 Å². The van der Waals surface area contributed by atoms with Crippen LogP contribution in [0.5, 0.6) is 0 Å². The Morgan fingerprint density at radius 2 is 2.13 bits per heavy atom. The average Bonchev–Trinajstić information content (AvgIpc) is 2.50. The number of methoxy groups -OCH3 is 1. The van der Waals surface area contributed by atoms with Crippen LogP contribution < -0.4 is 0 Å². The summed E-state index contributed by atoms with van der Waals surface area (Å²) in [6.07, 6.45) is 0.972. The molecule has 3 nitrogen and oxygen atoms in total. The van der Waals surface area contributed by atoms with E-state index in [1.54, 1.807) is 7.11 Å². The summed E-state index contributed by atoms with van der Waals surface area (Å²) >= 11 is 5.88. The van der Waals surface area contributed by atoms with Crippen LogP contribution in [-0.2, 0) is 10.6 Å². The fourth-order valence-corrected chi connectivity index (χ4v) is 2.12. The molecule has 0 aromatic carbocycles. The molecule has 0 saturated carbocycles. The minimum Gasteiger partial charge on any atom is -0.385 e. The van der Waals surface area contributed by atoms with Crippen molar-refractivity contribution in [3.8, 4) is 0 Å². The van der Waals surface area contributed by atoms with Gasteiger partial charge in [-0.1, -0.05) is 0 Å². The van der Waals surface area contributed by atoms with E-state index < -0.39 is 0 Å². The Kier molecular flexibility index (Phi) is 4.61. The van der Waals surface area contributed by atoms with Crippen LogP contribution in [0.15, 0.2) is 0 Å². The molecule has 1 rings (SSSR count). The lowest BCUT2D eigenvalue weighted by molar-refractivity contribution is 0.178. The van der Waals surface area contributed by atoms with Gasteiger partial charge >= 0.3 is 0 Å². The molecule has 0 spiro atoms. The van der Waals surface area contributed by atoms with Crippen LogP contribution in [0.25, 0.3) is 0 Å². The number of halogens is 1. The molecule has 1 unspecified atom stereocenters. The quantitative estimate of drug-likeness (QED) is 0.728. The van der Waals surface area contributed by atoms with Crippen molar-refractivity contribution < 1.29 is 4.74 Å². The predicted molar refractivity (Wildman–Crippen MR) is 62.5 cm³/mol. The van der Waals surface area contributed by atoms with Gasteiger partial charge in [-0.3, -0.25) is 4.68 Å². The van der Waals surface area contributed by atoms with Gasteiger partial charge < -0.3 is 4.74 Å². The minimum absolute atomic E-state index is 0.362. The average molecular weight is 231 g/mol. The fraction of sp³-hybridized carbons (Fsp3) is 0.727. The van der Waals surface area contributed by atoms with Crippen molar-refractivity contribution in [3.05, 3.63) is 17.0 Å². The molecule has 0 aliphatic carbocycles. The zero-order valence-corrected chi connectivity index (χ0v) is 10.6. The smallest absolute Gasteiger partial charge is 0.0640 e. The summed E-state index contributed by atoms with van der Waals surface area (Å²) in [6, 6.07) is 0.362. The molecule has 1 heterocycles. The number of nitrogens with zero attached hydrogens (tertiary/aromatic N) is 2. The topological polar surface area (TPSA) is 27.1 Å². The van der Waals surface area contributed by atoms with Crippen LogP contribution in [0.3, 0.4) is 0 Å². The molecule has 0 aliphatic heterocycles. The summed E-state index contributed by atoms with van der Waals surface area (Å²) in [7, 11) is 1.72. The second-order valence-corrected chi connectivity index (χ2v) is 4.13. The first kappa shape index (κ1) is 12.5. The van der Waals surface area contributed by atoms with Gasteiger partial charge in [0.2, 0.25) is 0 Å². The Labute approximate surface area is 96.4 Å². The van der Waals surface area contributed by atoms with E-state index in [0.29, 0.717) is 11.9 Å². The number of aryl methyl sites for hydroxylation is 1. The van der Waals surface area contributed by atoms with Crippen LogP contribution in [0.1, 0.15) is 36.3 Å². The van der Waals surface area contributed by atoms with Crippen molar-refractivity contribution in [1.82, 2.24) is 9.78 Å². The molecule has 0 amide bonds. The fourth-order valence-electron chi connectivity index (χ4n) is 1.73. The SMILES string of the molecule is COCCC(C)n1nc(C)c(CCl)c1C. The van der Waals surface area contributed by atoms with Gasteiger partial charge in [0, 0.05) is 25.0 Å². The first-order chi connectivity index (χ1) is 7.11. The van der Waals surface area contributed by atoms with Gasteiger partial charge in [-0.05, 0) is 27.2 Å². The van der Waals surface area contributed by atoms with E-state index in [1.165, 1.54) is 5.69 Å². The molecule has 1 aromatic rings. The van der Waals surface area contributed by atoms with Crippen LogP contribution >= 0.6 is 11.6 Å². The highest BCUT2D eigenvalue weighted by molar-refractivity contribution is 6.17. The number of hydrogen-bond donors (Lipinski definition) is 0. The molecule has 1 atom stereocenters. The van der Waals surface area contributed by atoms with Crippen molar-refractivity contribution in [2.75, 3.05) is 13.7 Å². The van der Waals surface area contributed by atoms with Crippen molar-refractivity contribution in [2.24, 2.45) is 0 Å². The summed E-state index contributed by atoms with van der Waals surface area (Å²) in [5, 5.41) is 4.51. The number of rotatable bonds is 5.